The molecule has 0 fully saturated rings. The van der Waals surface area contributed by atoms with E-state index in [2.05, 4.69) is 78.8 Å². The van der Waals surface area contributed by atoms with Crippen molar-refractivity contribution in [2.45, 2.75) is 91.7 Å². The lowest BCUT2D eigenvalue weighted by Gasteiger charge is -2.34. The van der Waals surface area contributed by atoms with E-state index in [9.17, 15) is 5.11 Å². The molecule has 184 valence electrons. The van der Waals surface area contributed by atoms with Crippen molar-refractivity contribution >= 4 is 0 Å². The van der Waals surface area contributed by atoms with Crippen LogP contribution in [-0.4, -0.2) is 35.6 Å². The fraction of sp³-hybridized carbons (Fsp3) is 0.586. The average Bonchev–Trinajstić information content (AvgIpc) is 2.78. The smallest absolute Gasteiger partial charge is 0.122 e. The van der Waals surface area contributed by atoms with Crippen LogP contribution in [0, 0.1) is 19.3 Å². The lowest BCUT2D eigenvalue weighted by Crippen LogP contribution is -2.31. The standard InChI is InChI=1S/C29H45NO3/c1-8-29(9-2,24-13-14-26(21(4)17-24)33-19-25(30)18-31)23-12-10-22(20(3)16-23)11-15-27(32)28(5,6)7/h10,12-14,16-17,25,27,31-32H,8-9,11,15,18-19,30H2,1-7H3/t25-,27?/m0/s1. The van der Waals surface area contributed by atoms with Crippen LogP contribution in [0.2, 0.25) is 0 Å². The van der Waals surface area contributed by atoms with Crippen LogP contribution >= 0.6 is 0 Å². The Morgan fingerprint density at radius 3 is 2.00 bits per heavy atom. The summed E-state index contributed by atoms with van der Waals surface area (Å²) in [6, 6.07) is 12.9. The Morgan fingerprint density at radius 1 is 0.939 bits per heavy atom. The summed E-state index contributed by atoms with van der Waals surface area (Å²) in [6.45, 7) is 15.2. The fourth-order valence-corrected chi connectivity index (χ4v) is 4.59. The number of aliphatic hydroxyl groups excluding tert-OH is 2. The number of hydrogen-bond acceptors (Lipinski definition) is 4. The van der Waals surface area contributed by atoms with Crippen molar-refractivity contribution in [2.24, 2.45) is 11.1 Å². The Kier molecular flexibility index (Phi) is 9.54. The summed E-state index contributed by atoms with van der Waals surface area (Å²) < 4.78 is 5.83. The van der Waals surface area contributed by atoms with Gasteiger partial charge in [-0.25, -0.2) is 0 Å². The molecule has 4 N–H and O–H groups in total. The third kappa shape index (κ3) is 6.59. The van der Waals surface area contributed by atoms with Gasteiger partial charge in [0.2, 0.25) is 0 Å². The number of hydrogen-bond donors (Lipinski definition) is 3. The van der Waals surface area contributed by atoms with E-state index in [1.165, 1.54) is 22.3 Å². The van der Waals surface area contributed by atoms with Gasteiger partial charge in [0.05, 0.1) is 18.8 Å². The fourth-order valence-electron chi connectivity index (χ4n) is 4.59. The van der Waals surface area contributed by atoms with Crippen molar-refractivity contribution in [3.63, 3.8) is 0 Å². The van der Waals surface area contributed by atoms with Gasteiger partial charge in [0.25, 0.3) is 0 Å². The topological polar surface area (TPSA) is 75.7 Å². The third-order valence-corrected chi connectivity index (χ3v) is 7.20. The first-order valence-corrected chi connectivity index (χ1v) is 12.4. The Balaban J connectivity index is 2.31. The number of nitrogens with two attached hydrogens (primary N) is 1. The first kappa shape index (κ1) is 27.4. The summed E-state index contributed by atoms with van der Waals surface area (Å²) in [5.74, 6) is 0.813. The largest absolute Gasteiger partial charge is 0.492 e. The first-order valence-electron chi connectivity index (χ1n) is 12.4. The molecule has 0 spiro atoms. The monoisotopic (exact) mass is 455 g/mol. The normalized spacial score (nSPS) is 14.2. The quantitative estimate of drug-likeness (QED) is 0.421. The SMILES string of the molecule is CCC(CC)(c1ccc(CCC(O)C(C)(C)C)c(C)c1)c1ccc(OC[C@@H](N)CO)c(C)c1. The lowest BCUT2D eigenvalue weighted by molar-refractivity contribution is 0.0560. The molecule has 0 heterocycles. The first-order chi connectivity index (χ1) is 15.5. The van der Waals surface area contributed by atoms with Gasteiger partial charge in [-0.1, -0.05) is 65.0 Å². The molecule has 0 amide bonds. The van der Waals surface area contributed by atoms with E-state index in [1.807, 2.05) is 6.07 Å². The zero-order valence-electron chi connectivity index (χ0n) is 21.7. The van der Waals surface area contributed by atoms with Gasteiger partial charge in [0.1, 0.15) is 12.4 Å². The molecule has 0 bridgehead atoms. The van der Waals surface area contributed by atoms with Crippen molar-refractivity contribution in [2.75, 3.05) is 13.2 Å². The van der Waals surface area contributed by atoms with Gasteiger partial charge in [-0.3, -0.25) is 0 Å². The summed E-state index contributed by atoms with van der Waals surface area (Å²) in [5, 5.41) is 19.6. The van der Waals surface area contributed by atoms with Crippen molar-refractivity contribution in [1.82, 2.24) is 0 Å². The van der Waals surface area contributed by atoms with E-state index in [0.717, 1.165) is 37.0 Å². The molecule has 2 atom stereocenters. The van der Waals surface area contributed by atoms with Gasteiger partial charge in [-0.15, -0.1) is 0 Å². The zero-order valence-corrected chi connectivity index (χ0v) is 21.7. The molecular weight excluding hydrogens is 410 g/mol. The van der Waals surface area contributed by atoms with Gasteiger partial charge in [0, 0.05) is 5.41 Å². The maximum Gasteiger partial charge on any atom is 0.122 e. The summed E-state index contributed by atoms with van der Waals surface area (Å²) in [6.07, 6.45) is 3.35. The molecule has 0 aromatic heterocycles. The van der Waals surface area contributed by atoms with Gasteiger partial charge in [-0.2, -0.15) is 0 Å². The highest BCUT2D eigenvalue weighted by molar-refractivity contribution is 5.47. The second-order valence-electron chi connectivity index (χ2n) is 10.6. The highest BCUT2D eigenvalue weighted by Crippen LogP contribution is 2.41. The highest BCUT2D eigenvalue weighted by Gasteiger charge is 2.31. The Labute approximate surface area is 201 Å². The van der Waals surface area contributed by atoms with Gasteiger partial charge < -0.3 is 20.7 Å². The molecule has 4 nitrogen and oxygen atoms in total. The molecule has 0 aliphatic carbocycles. The number of benzene rings is 2. The van der Waals surface area contributed by atoms with Gasteiger partial charge in [-0.05, 0) is 78.8 Å². The molecule has 4 heteroatoms. The van der Waals surface area contributed by atoms with E-state index in [4.69, 9.17) is 15.6 Å². The van der Waals surface area contributed by atoms with Crippen molar-refractivity contribution in [3.8, 4) is 5.75 Å². The maximum atomic E-state index is 10.4. The lowest BCUT2D eigenvalue weighted by atomic mass is 9.69. The van der Waals surface area contributed by atoms with Crippen molar-refractivity contribution < 1.29 is 14.9 Å². The minimum atomic E-state index is -0.375. The Hall–Kier alpha value is -1.88. The van der Waals surface area contributed by atoms with E-state index >= 15 is 0 Å². The van der Waals surface area contributed by atoms with Crippen LogP contribution in [0.1, 0.15) is 81.7 Å². The Morgan fingerprint density at radius 2 is 1.52 bits per heavy atom. The minimum Gasteiger partial charge on any atom is -0.492 e. The molecule has 2 aromatic rings. The van der Waals surface area contributed by atoms with Crippen LogP contribution in [0.4, 0.5) is 0 Å². The second-order valence-corrected chi connectivity index (χ2v) is 10.6. The second kappa shape index (κ2) is 11.5. The number of ether oxygens (including phenoxy) is 1. The van der Waals surface area contributed by atoms with Crippen molar-refractivity contribution in [1.29, 1.82) is 0 Å². The summed E-state index contributed by atoms with van der Waals surface area (Å²) in [7, 11) is 0. The van der Waals surface area contributed by atoms with Crippen LogP contribution in [0.15, 0.2) is 36.4 Å². The predicted molar refractivity (Wildman–Crippen MR) is 138 cm³/mol. The molecule has 2 aromatic carbocycles. The van der Waals surface area contributed by atoms with E-state index in [0.29, 0.717) is 6.61 Å². The summed E-state index contributed by atoms with van der Waals surface area (Å²) in [4.78, 5) is 0. The van der Waals surface area contributed by atoms with Crippen molar-refractivity contribution in [3.05, 3.63) is 64.2 Å². The molecule has 2 rings (SSSR count). The minimum absolute atomic E-state index is 0.0704. The van der Waals surface area contributed by atoms with Gasteiger partial charge >= 0.3 is 0 Å². The molecule has 33 heavy (non-hydrogen) atoms. The molecule has 0 saturated heterocycles. The molecule has 0 aliphatic heterocycles. The molecule has 0 aliphatic rings. The van der Waals surface area contributed by atoms with E-state index < -0.39 is 0 Å². The van der Waals surface area contributed by atoms with Crippen LogP contribution in [0.5, 0.6) is 5.75 Å². The van der Waals surface area contributed by atoms with Gasteiger partial charge in [0.15, 0.2) is 0 Å². The molecule has 0 saturated carbocycles. The average molecular weight is 456 g/mol. The zero-order chi connectivity index (χ0) is 24.8. The van der Waals surface area contributed by atoms with Crippen LogP contribution in [0.25, 0.3) is 0 Å². The number of rotatable bonds is 11. The summed E-state index contributed by atoms with van der Waals surface area (Å²) >= 11 is 0. The maximum absolute atomic E-state index is 10.4. The molecular formula is C29H45NO3. The van der Waals surface area contributed by atoms with E-state index in [-0.39, 0.29) is 29.6 Å². The number of aliphatic hydroxyl groups is 2. The van der Waals surface area contributed by atoms with E-state index in [1.54, 1.807) is 0 Å². The Bertz CT molecular complexity index is 896. The molecule has 1 unspecified atom stereocenters. The summed E-state index contributed by atoms with van der Waals surface area (Å²) in [5.41, 5.74) is 11.9. The highest BCUT2D eigenvalue weighted by atomic mass is 16.5. The van der Waals surface area contributed by atoms with Crippen LogP contribution in [0.3, 0.4) is 0 Å². The predicted octanol–water partition coefficient (Wildman–Crippen LogP) is 5.45. The van der Waals surface area contributed by atoms with Crippen LogP contribution in [-0.2, 0) is 11.8 Å². The number of aryl methyl sites for hydroxylation is 3. The molecule has 0 radical (unpaired) electrons. The van der Waals surface area contributed by atoms with Crippen LogP contribution < -0.4 is 10.5 Å². The third-order valence-electron chi connectivity index (χ3n) is 7.20.